The van der Waals surface area contributed by atoms with Gasteiger partial charge in [-0.1, -0.05) is 37.3 Å². The van der Waals surface area contributed by atoms with Crippen molar-refractivity contribution in [3.05, 3.63) is 70.8 Å². The fraction of sp³-hybridized carbons (Fsp3) is 0.333. The Morgan fingerprint density at radius 1 is 1.09 bits per heavy atom. The summed E-state index contributed by atoms with van der Waals surface area (Å²) >= 11 is 0. The van der Waals surface area contributed by atoms with Crippen molar-refractivity contribution in [3.63, 3.8) is 0 Å². The third kappa shape index (κ3) is 4.57. The molecular formula is C27H30N2O4. The summed E-state index contributed by atoms with van der Waals surface area (Å²) in [6, 6.07) is 15.5. The predicted molar refractivity (Wildman–Crippen MR) is 131 cm³/mol. The molecule has 3 aromatic carbocycles. The smallest absolute Gasteiger partial charge is 0.338 e. The van der Waals surface area contributed by atoms with Gasteiger partial charge < -0.3 is 20.1 Å². The molecule has 1 aliphatic heterocycles. The highest BCUT2D eigenvalue weighted by molar-refractivity contribution is 6.14. The Kier molecular flexibility index (Phi) is 6.65. The minimum absolute atomic E-state index is 0.218. The van der Waals surface area contributed by atoms with Gasteiger partial charge in [-0.2, -0.15) is 0 Å². The lowest BCUT2D eigenvalue weighted by Crippen LogP contribution is -2.35. The van der Waals surface area contributed by atoms with Gasteiger partial charge in [-0.25, -0.2) is 4.79 Å². The van der Waals surface area contributed by atoms with E-state index in [1.807, 2.05) is 50.2 Å². The van der Waals surface area contributed by atoms with Crippen LogP contribution in [-0.2, 0) is 11.2 Å². The SMILES string of the molecule is CCc1c(C(=O)OC)ccc(C)c1NC(=O)c1cc(N2CCC(O)CC2)cc2ccccc12. The minimum Gasteiger partial charge on any atom is -0.465 e. The van der Waals surface area contributed by atoms with Gasteiger partial charge in [0.15, 0.2) is 0 Å². The van der Waals surface area contributed by atoms with Gasteiger partial charge in [0.25, 0.3) is 5.91 Å². The molecule has 4 rings (SSSR count). The zero-order valence-electron chi connectivity index (χ0n) is 19.4. The Bertz CT molecular complexity index is 1200. The second kappa shape index (κ2) is 9.63. The van der Waals surface area contributed by atoms with Crippen molar-refractivity contribution in [3.8, 4) is 0 Å². The third-order valence-corrected chi connectivity index (χ3v) is 6.44. The number of nitrogens with one attached hydrogen (secondary N) is 1. The molecule has 172 valence electrons. The van der Waals surface area contributed by atoms with Crippen molar-refractivity contribution in [2.24, 2.45) is 0 Å². The number of carbonyl (C=O) groups excluding carboxylic acids is 2. The molecule has 0 aromatic heterocycles. The van der Waals surface area contributed by atoms with E-state index in [-0.39, 0.29) is 12.0 Å². The van der Waals surface area contributed by atoms with Crippen LogP contribution in [0.5, 0.6) is 0 Å². The van der Waals surface area contributed by atoms with Gasteiger partial charge in [-0.05, 0) is 66.3 Å². The summed E-state index contributed by atoms with van der Waals surface area (Å²) in [5, 5.41) is 14.8. The van der Waals surface area contributed by atoms with E-state index >= 15 is 0 Å². The van der Waals surface area contributed by atoms with E-state index in [9.17, 15) is 14.7 Å². The summed E-state index contributed by atoms with van der Waals surface area (Å²) in [7, 11) is 1.36. The molecule has 33 heavy (non-hydrogen) atoms. The number of benzene rings is 3. The maximum atomic E-state index is 13.6. The number of methoxy groups -OCH3 is 1. The molecule has 0 atom stereocenters. The fourth-order valence-corrected chi connectivity index (χ4v) is 4.58. The van der Waals surface area contributed by atoms with E-state index in [0.717, 1.165) is 40.7 Å². The van der Waals surface area contributed by atoms with E-state index in [1.165, 1.54) is 7.11 Å². The summed E-state index contributed by atoms with van der Waals surface area (Å²) in [5.41, 5.74) is 4.33. The molecule has 1 amide bonds. The molecule has 2 N–H and O–H groups in total. The summed E-state index contributed by atoms with van der Waals surface area (Å²) < 4.78 is 4.94. The Hall–Kier alpha value is -3.38. The number of hydrogen-bond acceptors (Lipinski definition) is 5. The molecule has 1 saturated heterocycles. The summed E-state index contributed by atoms with van der Waals surface area (Å²) in [4.78, 5) is 28.1. The summed E-state index contributed by atoms with van der Waals surface area (Å²) in [6.07, 6.45) is 1.75. The molecule has 0 aliphatic carbocycles. The summed E-state index contributed by atoms with van der Waals surface area (Å²) in [5.74, 6) is -0.632. The van der Waals surface area contributed by atoms with E-state index in [4.69, 9.17) is 4.74 Å². The first-order valence-electron chi connectivity index (χ1n) is 11.4. The molecule has 6 heteroatoms. The highest BCUT2D eigenvalue weighted by atomic mass is 16.5. The number of anilines is 2. The highest BCUT2D eigenvalue weighted by Gasteiger charge is 2.22. The first-order chi connectivity index (χ1) is 15.9. The van der Waals surface area contributed by atoms with Gasteiger partial charge in [0.05, 0.1) is 18.8 Å². The maximum Gasteiger partial charge on any atom is 0.338 e. The molecule has 0 saturated carbocycles. The van der Waals surface area contributed by atoms with Gasteiger partial charge in [0, 0.05) is 30.0 Å². The second-order valence-corrected chi connectivity index (χ2v) is 8.52. The first kappa shape index (κ1) is 22.8. The number of aliphatic hydroxyl groups is 1. The molecule has 1 aliphatic rings. The van der Waals surface area contributed by atoms with Crippen molar-refractivity contribution in [2.45, 2.75) is 39.2 Å². The maximum absolute atomic E-state index is 13.6. The molecule has 3 aromatic rings. The summed E-state index contributed by atoms with van der Waals surface area (Å²) in [6.45, 7) is 5.38. The molecule has 6 nitrogen and oxygen atoms in total. The van der Waals surface area contributed by atoms with Gasteiger partial charge in [-0.15, -0.1) is 0 Å². The van der Waals surface area contributed by atoms with E-state index in [0.29, 0.717) is 36.1 Å². The van der Waals surface area contributed by atoms with Crippen molar-refractivity contribution < 1.29 is 19.4 Å². The van der Waals surface area contributed by atoms with Crippen molar-refractivity contribution in [2.75, 3.05) is 30.4 Å². The Morgan fingerprint density at radius 2 is 1.82 bits per heavy atom. The average Bonchev–Trinajstić information content (AvgIpc) is 2.84. The largest absolute Gasteiger partial charge is 0.465 e. The van der Waals surface area contributed by atoms with Gasteiger partial charge in [-0.3, -0.25) is 4.79 Å². The molecule has 0 spiro atoms. The lowest BCUT2D eigenvalue weighted by molar-refractivity contribution is 0.0599. The first-order valence-corrected chi connectivity index (χ1v) is 11.4. The van der Waals surface area contributed by atoms with Crippen LogP contribution in [0.25, 0.3) is 10.8 Å². The minimum atomic E-state index is -0.415. The molecule has 1 heterocycles. The number of amides is 1. The molecule has 0 radical (unpaired) electrons. The van der Waals surface area contributed by atoms with Crippen LogP contribution in [0.15, 0.2) is 48.5 Å². The molecule has 0 unspecified atom stereocenters. The lowest BCUT2D eigenvalue weighted by atomic mass is 9.97. The van der Waals surface area contributed by atoms with Crippen LogP contribution in [0.1, 0.15) is 51.6 Å². The van der Waals surface area contributed by atoms with Gasteiger partial charge in [0.2, 0.25) is 0 Å². The van der Waals surface area contributed by atoms with Crippen molar-refractivity contribution >= 4 is 34.0 Å². The standard InChI is InChI=1S/C27H30N2O4/c1-4-21-23(27(32)33-3)10-9-17(2)25(21)28-26(31)24-16-19(29-13-11-20(30)12-14-29)15-18-7-5-6-8-22(18)24/h5-10,15-16,20,30H,4,11-14H2,1-3H3,(H,28,31). The van der Waals surface area contributed by atoms with Crippen LogP contribution < -0.4 is 10.2 Å². The molecular weight excluding hydrogens is 416 g/mol. The average molecular weight is 447 g/mol. The van der Waals surface area contributed by atoms with Crippen LogP contribution in [0.4, 0.5) is 11.4 Å². The number of fused-ring (bicyclic) bond motifs is 1. The zero-order chi connectivity index (χ0) is 23.5. The Labute approximate surface area is 194 Å². The molecule has 1 fully saturated rings. The quantitative estimate of drug-likeness (QED) is 0.555. The van der Waals surface area contributed by atoms with Crippen LogP contribution >= 0.6 is 0 Å². The second-order valence-electron chi connectivity index (χ2n) is 8.52. The van der Waals surface area contributed by atoms with E-state index < -0.39 is 5.97 Å². The number of carbonyl (C=O) groups is 2. The van der Waals surface area contributed by atoms with Gasteiger partial charge in [0.1, 0.15) is 0 Å². The predicted octanol–water partition coefficient (Wildman–Crippen LogP) is 4.71. The number of nitrogens with zero attached hydrogens (tertiary/aromatic N) is 1. The highest BCUT2D eigenvalue weighted by Crippen LogP contribution is 2.31. The van der Waals surface area contributed by atoms with Crippen molar-refractivity contribution in [1.29, 1.82) is 0 Å². The Balaban J connectivity index is 1.75. The zero-order valence-corrected chi connectivity index (χ0v) is 19.4. The topological polar surface area (TPSA) is 78.9 Å². The third-order valence-electron chi connectivity index (χ3n) is 6.44. The van der Waals surface area contributed by atoms with E-state index in [1.54, 1.807) is 6.07 Å². The van der Waals surface area contributed by atoms with Gasteiger partial charge >= 0.3 is 5.97 Å². The number of piperidine rings is 1. The van der Waals surface area contributed by atoms with Crippen LogP contribution in [0.3, 0.4) is 0 Å². The lowest BCUT2D eigenvalue weighted by Gasteiger charge is -2.32. The van der Waals surface area contributed by atoms with E-state index in [2.05, 4.69) is 16.3 Å². The number of aliphatic hydroxyl groups excluding tert-OH is 1. The van der Waals surface area contributed by atoms with Crippen molar-refractivity contribution in [1.82, 2.24) is 0 Å². The van der Waals surface area contributed by atoms with Crippen LogP contribution in [0.2, 0.25) is 0 Å². The van der Waals surface area contributed by atoms with Crippen LogP contribution in [-0.4, -0.2) is 43.3 Å². The molecule has 0 bridgehead atoms. The number of esters is 1. The number of aryl methyl sites for hydroxylation is 1. The normalized spacial score (nSPS) is 14.4. The number of ether oxygens (including phenoxy) is 1. The number of rotatable bonds is 5. The monoisotopic (exact) mass is 446 g/mol. The van der Waals surface area contributed by atoms with Crippen LogP contribution in [0, 0.1) is 6.92 Å². The fourth-order valence-electron chi connectivity index (χ4n) is 4.58. The number of hydrogen-bond donors (Lipinski definition) is 2. The Morgan fingerprint density at radius 3 is 2.52 bits per heavy atom.